The first-order valence-electron chi connectivity index (χ1n) is 6.41. The van der Waals surface area contributed by atoms with Gasteiger partial charge in [-0.1, -0.05) is 17.7 Å². The van der Waals surface area contributed by atoms with Gasteiger partial charge in [0.1, 0.15) is 0 Å². The monoisotopic (exact) mass is 286 g/mol. The summed E-state index contributed by atoms with van der Waals surface area (Å²) in [6.07, 6.45) is 1.00. The Labute approximate surface area is 120 Å². The fourth-order valence-electron chi connectivity index (χ4n) is 1.87. The van der Waals surface area contributed by atoms with Crippen LogP contribution in [0.25, 0.3) is 0 Å². The number of nitrogen functional groups attached to an aromatic ring is 1. The third-order valence-electron chi connectivity index (χ3n) is 2.90. The first-order chi connectivity index (χ1) is 9.17. The Morgan fingerprint density at radius 1 is 1.16 bits per heavy atom. The fourth-order valence-corrected chi connectivity index (χ4v) is 1.99. The average Bonchev–Trinajstić information content (AvgIpc) is 2.40. The van der Waals surface area contributed by atoms with Crippen LogP contribution in [0, 0.1) is 0 Å². The molecule has 0 aliphatic heterocycles. The molecule has 1 aromatic carbocycles. The molecule has 0 radical (unpaired) electrons. The second kappa shape index (κ2) is 9.15. The molecule has 0 spiro atoms. The van der Waals surface area contributed by atoms with Gasteiger partial charge in [-0.25, -0.2) is 0 Å². The van der Waals surface area contributed by atoms with Crippen molar-refractivity contribution in [2.45, 2.75) is 13.0 Å². The highest BCUT2D eigenvalue weighted by molar-refractivity contribution is 6.33. The van der Waals surface area contributed by atoms with Crippen molar-refractivity contribution >= 4 is 17.3 Å². The third-order valence-corrected chi connectivity index (χ3v) is 3.25. The second-order valence-corrected chi connectivity index (χ2v) is 4.88. The van der Waals surface area contributed by atoms with Gasteiger partial charge < -0.3 is 15.2 Å². The van der Waals surface area contributed by atoms with E-state index in [1.165, 1.54) is 0 Å². The second-order valence-electron chi connectivity index (χ2n) is 4.47. The molecule has 19 heavy (non-hydrogen) atoms. The van der Waals surface area contributed by atoms with Gasteiger partial charge in [-0.2, -0.15) is 0 Å². The molecule has 5 heteroatoms. The van der Waals surface area contributed by atoms with Crippen molar-refractivity contribution in [3.05, 3.63) is 28.8 Å². The minimum absolute atomic E-state index is 0.603. The van der Waals surface area contributed by atoms with E-state index in [9.17, 15) is 0 Å². The Kier molecular flexibility index (Phi) is 7.82. The van der Waals surface area contributed by atoms with E-state index in [2.05, 4.69) is 4.90 Å². The Morgan fingerprint density at radius 3 is 2.53 bits per heavy atom. The summed E-state index contributed by atoms with van der Waals surface area (Å²) in [6.45, 7) is 4.19. The number of ether oxygens (including phenoxy) is 2. The van der Waals surface area contributed by atoms with Gasteiger partial charge in [0, 0.05) is 40.5 Å². The van der Waals surface area contributed by atoms with Crippen LogP contribution >= 0.6 is 11.6 Å². The first-order valence-corrected chi connectivity index (χ1v) is 6.79. The molecule has 0 atom stereocenters. The molecular formula is C14H23ClN2O2. The summed E-state index contributed by atoms with van der Waals surface area (Å²) < 4.78 is 10.2. The van der Waals surface area contributed by atoms with Gasteiger partial charge in [0.15, 0.2) is 0 Å². The summed E-state index contributed by atoms with van der Waals surface area (Å²) in [5, 5.41) is 0.603. The van der Waals surface area contributed by atoms with E-state index in [4.69, 9.17) is 26.8 Å². The van der Waals surface area contributed by atoms with Gasteiger partial charge in [0.25, 0.3) is 0 Å². The number of benzene rings is 1. The number of halogens is 1. The van der Waals surface area contributed by atoms with E-state index in [0.717, 1.165) is 44.8 Å². The van der Waals surface area contributed by atoms with Gasteiger partial charge in [-0.15, -0.1) is 0 Å². The smallest absolute Gasteiger partial charge is 0.0635 e. The molecule has 0 amide bonds. The van der Waals surface area contributed by atoms with Gasteiger partial charge in [-0.3, -0.25) is 4.90 Å². The quantitative estimate of drug-likeness (QED) is 0.559. The van der Waals surface area contributed by atoms with E-state index in [-0.39, 0.29) is 0 Å². The number of hydrogen-bond donors (Lipinski definition) is 1. The number of nitrogens with two attached hydrogens (primary N) is 1. The summed E-state index contributed by atoms with van der Waals surface area (Å²) in [4.78, 5) is 2.32. The van der Waals surface area contributed by atoms with Crippen LogP contribution in [-0.2, 0) is 16.0 Å². The van der Waals surface area contributed by atoms with Crippen molar-refractivity contribution in [3.8, 4) is 0 Å². The van der Waals surface area contributed by atoms with Crippen LogP contribution in [0.5, 0.6) is 0 Å². The van der Waals surface area contributed by atoms with Crippen LogP contribution in [0.2, 0.25) is 5.02 Å². The third kappa shape index (κ3) is 6.25. The van der Waals surface area contributed by atoms with Crippen LogP contribution in [-0.4, -0.2) is 45.4 Å². The average molecular weight is 287 g/mol. The van der Waals surface area contributed by atoms with Crippen LogP contribution in [0.15, 0.2) is 18.2 Å². The molecule has 0 bridgehead atoms. The highest BCUT2D eigenvalue weighted by Gasteiger charge is 2.07. The lowest BCUT2D eigenvalue weighted by Gasteiger charge is -2.22. The van der Waals surface area contributed by atoms with E-state index in [0.29, 0.717) is 10.7 Å². The Bertz CT molecular complexity index is 374. The van der Waals surface area contributed by atoms with Crippen molar-refractivity contribution < 1.29 is 9.47 Å². The summed E-state index contributed by atoms with van der Waals surface area (Å²) in [7, 11) is 3.44. The largest absolute Gasteiger partial charge is 0.398 e. The van der Waals surface area contributed by atoms with Crippen LogP contribution < -0.4 is 5.73 Å². The molecule has 1 rings (SSSR count). The van der Waals surface area contributed by atoms with E-state index in [1.54, 1.807) is 14.2 Å². The highest BCUT2D eigenvalue weighted by Crippen LogP contribution is 2.20. The lowest BCUT2D eigenvalue weighted by atomic mass is 10.2. The number of hydrogen-bond acceptors (Lipinski definition) is 4. The van der Waals surface area contributed by atoms with E-state index >= 15 is 0 Å². The molecule has 0 saturated carbocycles. The number of nitrogens with zero attached hydrogens (tertiary/aromatic N) is 1. The number of anilines is 1. The molecule has 108 valence electrons. The lowest BCUT2D eigenvalue weighted by Crippen LogP contribution is -2.28. The molecular weight excluding hydrogens is 264 g/mol. The van der Waals surface area contributed by atoms with E-state index in [1.807, 2.05) is 18.2 Å². The highest BCUT2D eigenvalue weighted by atomic mass is 35.5. The molecule has 0 aliphatic rings. The van der Waals surface area contributed by atoms with Gasteiger partial charge in [0.2, 0.25) is 0 Å². The zero-order chi connectivity index (χ0) is 14.1. The molecule has 0 unspecified atom stereocenters. The zero-order valence-corrected chi connectivity index (χ0v) is 12.4. The molecule has 0 heterocycles. The van der Waals surface area contributed by atoms with Gasteiger partial charge in [-0.05, 0) is 24.1 Å². The molecule has 1 aromatic rings. The summed E-state index contributed by atoms with van der Waals surface area (Å²) in [5.41, 5.74) is 7.61. The predicted octanol–water partition coefficient (Wildman–Crippen LogP) is 2.41. The summed E-state index contributed by atoms with van der Waals surface area (Å²) >= 11 is 5.93. The van der Waals surface area contributed by atoms with E-state index < -0.39 is 0 Å². The Balaban J connectivity index is 2.56. The maximum Gasteiger partial charge on any atom is 0.0635 e. The van der Waals surface area contributed by atoms with Crippen molar-refractivity contribution in [2.24, 2.45) is 0 Å². The molecule has 0 fully saturated rings. The SMILES string of the molecule is COCCCN(CCOC)Cc1ccc(Cl)c(N)c1. The van der Waals surface area contributed by atoms with Crippen LogP contribution in [0.4, 0.5) is 5.69 Å². The molecule has 4 nitrogen and oxygen atoms in total. The van der Waals surface area contributed by atoms with Crippen LogP contribution in [0.3, 0.4) is 0 Å². The van der Waals surface area contributed by atoms with Crippen molar-refractivity contribution in [1.82, 2.24) is 4.90 Å². The lowest BCUT2D eigenvalue weighted by molar-refractivity contribution is 0.129. The Hall–Kier alpha value is -0.810. The predicted molar refractivity (Wildman–Crippen MR) is 79.5 cm³/mol. The van der Waals surface area contributed by atoms with Crippen molar-refractivity contribution in [3.63, 3.8) is 0 Å². The molecule has 2 N–H and O–H groups in total. The van der Waals surface area contributed by atoms with Gasteiger partial charge in [0.05, 0.1) is 17.3 Å². The first kappa shape index (κ1) is 16.2. The normalized spacial score (nSPS) is 11.2. The minimum atomic E-state index is 0.603. The summed E-state index contributed by atoms with van der Waals surface area (Å²) in [5.74, 6) is 0. The maximum atomic E-state index is 5.93. The zero-order valence-electron chi connectivity index (χ0n) is 11.7. The van der Waals surface area contributed by atoms with Crippen molar-refractivity contribution in [1.29, 1.82) is 0 Å². The standard InChI is InChI=1S/C14H23ClN2O2/c1-18-8-3-6-17(7-9-19-2)11-12-4-5-13(15)14(16)10-12/h4-5,10H,3,6-9,11,16H2,1-2H3. The molecule has 0 saturated heterocycles. The minimum Gasteiger partial charge on any atom is -0.398 e. The van der Waals surface area contributed by atoms with Crippen LogP contribution in [0.1, 0.15) is 12.0 Å². The summed E-state index contributed by atoms with van der Waals surface area (Å²) in [6, 6.07) is 5.78. The fraction of sp³-hybridized carbons (Fsp3) is 0.571. The Morgan fingerprint density at radius 2 is 1.89 bits per heavy atom. The molecule has 0 aromatic heterocycles. The van der Waals surface area contributed by atoms with Crippen molar-refractivity contribution in [2.75, 3.05) is 46.3 Å². The maximum absolute atomic E-state index is 5.93. The molecule has 0 aliphatic carbocycles. The van der Waals surface area contributed by atoms with Gasteiger partial charge >= 0.3 is 0 Å². The number of methoxy groups -OCH3 is 2. The topological polar surface area (TPSA) is 47.7 Å². The number of rotatable bonds is 9.